The largest absolute Gasteiger partial charge is 0.458 e. The molecule has 1 aromatic rings. The van der Waals surface area contributed by atoms with E-state index in [2.05, 4.69) is 9.98 Å². The highest BCUT2D eigenvalue weighted by Gasteiger charge is 2.20. The van der Waals surface area contributed by atoms with E-state index < -0.39 is 11.6 Å². The molecule has 0 unspecified atom stereocenters. The van der Waals surface area contributed by atoms with Gasteiger partial charge in [-0.15, -0.1) is 11.3 Å². The molecular formula is C11H16N2O2S. The van der Waals surface area contributed by atoms with E-state index in [0.29, 0.717) is 0 Å². The Balaban J connectivity index is 2.52. The second-order valence-electron chi connectivity index (χ2n) is 4.36. The number of rotatable bonds is 3. The Labute approximate surface area is 99.4 Å². The number of aliphatic imine (C=N–C) groups is 1. The molecule has 0 amide bonds. The fourth-order valence-corrected chi connectivity index (χ4v) is 1.43. The Morgan fingerprint density at radius 3 is 2.81 bits per heavy atom. The molecule has 1 aromatic heterocycles. The number of aromatic nitrogens is 1. The van der Waals surface area contributed by atoms with Gasteiger partial charge in [-0.25, -0.2) is 9.78 Å². The van der Waals surface area contributed by atoms with Gasteiger partial charge in [0.05, 0.1) is 6.21 Å². The first-order valence-corrected chi connectivity index (χ1v) is 5.92. The molecule has 5 heteroatoms. The van der Waals surface area contributed by atoms with Crippen molar-refractivity contribution in [1.82, 2.24) is 4.98 Å². The second kappa shape index (κ2) is 5.21. The highest BCUT2D eigenvalue weighted by atomic mass is 32.1. The minimum atomic E-state index is -0.497. The van der Waals surface area contributed by atoms with Crippen molar-refractivity contribution in [3.63, 3.8) is 0 Å². The van der Waals surface area contributed by atoms with E-state index in [-0.39, 0.29) is 5.97 Å². The van der Waals surface area contributed by atoms with Crippen molar-refractivity contribution in [2.24, 2.45) is 4.99 Å². The van der Waals surface area contributed by atoms with Crippen molar-refractivity contribution in [3.8, 4) is 0 Å². The zero-order chi connectivity index (χ0) is 12.2. The molecule has 0 saturated carbocycles. The van der Waals surface area contributed by atoms with Crippen LogP contribution in [0.2, 0.25) is 0 Å². The van der Waals surface area contributed by atoms with Crippen LogP contribution in [0.1, 0.15) is 32.7 Å². The first-order chi connectivity index (χ1) is 7.38. The molecule has 0 aliphatic carbocycles. The Hall–Kier alpha value is -1.23. The quantitative estimate of drug-likeness (QED) is 0.601. The molecule has 0 spiro atoms. The van der Waals surface area contributed by atoms with Crippen LogP contribution < -0.4 is 0 Å². The number of hydrogen-bond acceptors (Lipinski definition) is 5. The summed E-state index contributed by atoms with van der Waals surface area (Å²) in [6.07, 6.45) is 3.30. The van der Waals surface area contributed by atoms with E-state index >= 15 is 0 Å². The van der Waals surface area contributed by atoms with Crippen molar-refractivity contribution >= 4 is 23.5 Å². The van der Waals surface area contributed by atoms with Crippen LogP contribution in [-0.4, -0.2) is 28.8 Å². The molecular weight excluding hydrogens is 224 g/mol. The van der Waals surface area contributed by atoms with Crippen molar-refractivity contribution in [1.29, 1.82) is 0 Å². The minimum Gasteiger partial charge on any atom is -0.458 e. The van der Waals surface area contributed by atoms with Crippen LogP contribution in [0, 0.1) is 0 Å². The van der Waals surface area contributed by atoms with Crippen LogP contribution in [-0.2, 0) is 9.53 Å². The lowest BCUT2D eigenvalue weighted by molar-refractivity contribution is -0.155. The first kappa shape index (κ1) is 12.8. The average Bonchev–Trinajstić information content (AvgIpc) is 2.63. The number of nitrogens with zero attached hydrogens (tertiary/aromatic N) is 2. The summed E-state index contributed by atoms with van der Waals surface area (Å²) in [5, 5.41) is 2.65. The SMILES string of the molecule is C[C@H](N=Cc1nccs1)C(=O)OC(C)(C)C. The van der Waals surface area contributed by atoms with E-state index in [1.807, 2.05) is 26.2 Å². The van der Waals surface area contributed by atoms with E-state index in [0.717, 1.165) is 5.01 Å². The maximum absolute atomic E-state index is 11.6. The number of carbonyl (C=O) groups is 1. The van der Waals surface area contributed by atoms with Crippen LogP contribution in [0.3, 0.4) is 0 Å². The highest BCUT2D eigenvalue weighted by molar-refractivity contribution is 7.11. The number of thiazole rings is 1. The Morgan fingerprint density at radius 1 is 1.62 bits per heavy atom. The lowest BCUT2D eigenvalue weighted by atomic mass is 10.2. The molecule has 88 valence electrons. The smallest absolute Gasteiger partial charge is 0.331 e. The van der Waals surface area contributed by atoms with Crippen LogP contribution in [0.15, 0.2) is 16.6 Å². The lowest BCUT2D eigenvalue weighted by Gasteiger charge is -2.20. The molecule has 4 nitrogen and oxygen atoms in total. The number of hydrogen-bond donors (Lipinski definition) is 0. The van der Waals surface area contributed by atoms with Gasteiger partial charge in [0.15, 0.2) is 0 Å². The van der Waals surface area contributed by atoms with Crippen LogP contribution in [0.4, 0.5) is 0 Å². The van der Waals surface area contributed by atoms with Crippen LogP contribution in [0.5, 0.6) is 0 Å². The zero-order valence-corrected chi connectivity index (χ0v) is 10.7. The summed E-state index contributed by atoms with van der Waals surface area (Å²) >= 11 is 1.48. The maximum atomic E-state index is 11.6. The third kappa shape index (κ3) is 4.53. The van der Waals surface area contributed by atoms with Crippen molar-refractivity contribution in [2.75, 3.05) is 0 Å². The Morgan fingerprint density at radius 2 is 2.31 bits per heavy atom. The Kier molecular flexibility index (Phi) is 4.18. The summed E-state index contributed by atoms with van der Waals surface area (Å²) in [6, 6.07) is -0.497. The maximum Gasteiger partial charge on any atom is 0.331 e. The predicted molar refractivity (Wildman–Crippen MR) is 65.0 cm³/mol. The molecule has 0 radical (unpaired) electrons. The fraction of sp³-hybridized carbons (Fsp3) is 0.545. The van der Waals surface area contributed by atoms with E-state index in [9.17, 15) is 4.79 Å². The molecule has 1 atom stereocenters. The summed E-state index contributed by atoms with van der Waals surface area (Å²) in [6.45, 7) is 7.21. The average molecular weight is 240 g/mol. The van der Waals surface area contributed by atoms with Gasteiger partial charge in [0.25, 0.3) is 0 Å². The van der Waals surface area contributed by atoms with Crippen molar-refractivity contribution in [3.05, 3.63) is 16.6 Å². The van der Waals surface area contributed by atoms with E-state index in [4.69, 9.17) is 4.74 Å². The monoisotopic (exact) mass is 240 g/mol. The third-order valence-electron chi connectivity index (χ3n) is 1.61. The molecule has 0 aromatic carbocycles. The molecule has 1 rings (SSSR count). The second-order valence-corrected chi connectivity index (χ2v) is 5.28. The van der Waals surface area contributed by atoms with Crippen molar-refractivity contribution < 1.29 is 9.53 Å². The molecule has 0 aliphatic heterocycles. The molecule has 0 saturated heterocycles. The van der Waals surface area contributed by atoms with Gasteiger partial charge in [-0.3, -0.25) is 4.99 Å². The highest BCUT2D eigenvalue weighted by Crippen LogP contribution is 2.09. The zero-order valence-electron chi connectivity index (χ0n) is 9.93. The predicted octanol–water partition coefficient (Wildman–Crippen LogP) is 2.29. The lowest BCUT2D eigenvalue weighted by Crippen LogP contribution is -2.29. The summed E-state index contributed by atoms with van der Waals surface area (Å²) in [5.74, 6) is -0.319. The minimum absolute atomic E-state index is 0.319. The van der Waals surface area contributed by atoms with Gasteiger partial charge in [0, 0.05) is 11.6 Å². The van der Waals surface area contributed by atoms with Crippen molar-refractivity contribution in [2.45, 2.75) is 39.3 Å². The number of carbonyl (C=O) groups excluding carboxylic acids is 1. The van der Waals surface area contributed by atoms with Gasteiger partial charge in [-0.1, -0.05) is 0 Å². The first-order valence-electron chi connectivity index (χ1n) is 5.04. The fourth-order valence-electron chi connectivity index (χ4n) is 0.922. The molecule has 0 fully saturated rings. The van der Waals surface area contributed by atoms with E-state index in [1.54, 1.807) is 19.3 Å². The molecule has 16 heavy (non-hydrogen) atoms. The summed E-state index contributed by atoms with van der Waals surface area (Å²) in [7, 11) is 0. The molecule has 0 bridgehead atoms. The van der Waals surface area contributed by atoms with Crippen LogP contribution >= 0.6 is 11.3 Å². The third-order valence-corrected chi connectivity index (χ3v) is 2.32. The summed E-state index contributed by atoms with van der Waals surface area (Å²) < 4.78 is 5.20. The van der Waals surface area contributed by atoms with Gasteiger partial charge in [0.1, 0.15) is 16.7 Å². The summed E-state index contributed by atoms with van der Waals surface area (Å²) in [4.78, 5) is 19.7. The number of esters is 1. The van der Waals surface area contributed by atoms with Gasteiger partial charge in [0.2, 0.25) is 0 Å². The van der Waals surface area contributed by atoms with Crippen LogP contribution in [0.25, 0.3) is 0 Å². The van der Waals surface area contributed by atoms with Gasteiger partial charge < -0.3 is 4.74 Å². The van der Waals surface area contributed by atoms with E-state index in [1.165, 1.54) is 11.3 Å². The summed E-state index contributed by atoms with van der Waals surface area (Å²) in [5.41, 5.74) is -0.470. The standard InChI is InChI=1S/C11H16N2O2S/c1-8(10(14)15-11(2,3)4)13-7-9-12-5-6-16-9/h5-8H,1-4H3/t8-/m0/s1. The van der Waals surface area contributed by atoms with Gasteiger partial charge >= 0.3 is 5.97 Å². The molecule has 0 N–H and O–H groups in total. The molecule has 1 heterocycles. The molecule has 0 aliphatic rings. The normalized spacial score (nSPS) is 14.0. The topological polar surface area (TPSA) is 51.5 Å². The van der Waals surface area contributed by atoms with Gasteiger partial charge in [-0.2, -0.15) is 0 Å². The van der Waals surface area contributed by atoms with Gasteiger partial charge in [-0.05, 0) is 27.7 Å². The number of ether oxygens (including phenoxy) is 1. The Bertz CT molecular complexity index is 366.